The molecule has 0 saturated carbocycles. The van der Waals surface area contributed by atoms with Crippen molar-refractivity contribution in [1.82, 2.24) is 10.2 Å². The second-order valence-corrected chi connectivity index (χ2v) is 5.06. The minimum absolute atomic E-state index is 0.285. The van der Waals surface area contributed by atoms with Crippen molar-refractivity contribution >= 4 is 34.9 Å². The summed E-state index contributed by atoms with van der Waals surface area (Å²) in [5.41, 5.74) is 2.06. The topological polar surface area (TPSA) is 67.0 Å². The number of carbonyl (C=O) groups excluding carboxylic acids is 1. The second kappa shape index (κ2) is 5.73. The number of nitrogens with zero attached hydrogens (tertiary/aromatic N) is 1. The molecule has 1 heterocycles. The summed E-state index contributed by atoms with van der Waals surface area (Å²) in [5.74, 6) is 0.456. The van der Waals surface area contributed by atoms with Gasteiger partial charge in [-0.2, -0.15) is 5.10 Å². The number of aromatic amines is 1. The van der Waals surface area contributed by atoms with Gasteiger partial charge in [0.15, 0.2) is 5.82 Å². The Balaban J connectivity index is 2.34. The Kier molecular flexibility index (Phi) is 4.20. The van der Waals surface area contributed by atoms with Crippen molar-refractivity contribution in [2.24, 2.45) is 0 Å². The fraction of sp³-hybridized carbons (Fsp3) is 0.231. The number of carbonyl (C=O) groups is 1. The van der Waals surface area contributed by atoms with Gasteiger partial charge >= 0.3 is 0 Å². The van der Waals surface area contributed by atoms with Gasteiger partial charge in [-0.15, -0.1) is 0 Å². The van der Waals surface area contributed by atoms with E-state index in [4.69, 9.17) is 27.9 Å². The highest BCUT2D eigenvalue weighted by Crippen LogP contribution is 2.31. The zero-order valence-electron chi connectivity index (χ0n) is 11.2. The van der Waals surface area contributed by atoms with Crippen molar-refractivity contribution in [3.63, 3.8) is 0 Å². The lowest BCUT2D eigenvalue weighted by Gasteiger charge is -2.10. The average molecular weight is 314 g/mol. The molecule has 1 aromatic heterocycles. The molecule has 0 radical (unpaired) electrons. The molecule has 1 aromatic carbocycles. The Labute approximate surface area is 126 Å². The Hall–Kier alpha value is -1.72. The number of ether oxygens (including phenoxy) is 1. The van der Waals surface area contributed by atoms with Crippen LogP contribution in [0.3, 0.4) is 0 Å². The highest BCUT2D eigenvalue weighted by atomic mass is 35.5. The third kappa shape index (κ3) is 2.73. The van der Waals surface area contributed by atoms with Crippen LogP contribution in [0.4, 0.5) is 5.82 Å². The Morgan fingerprint density at radius 2 is 1.95 bits per heavy atom. The lowest BCUT2D eigenvalue weighted by Crippen LogP contribution is -2.14. The van der Waals surface area contributed by atoms with Crippen LogP contribution in [-0.4, -0.2) is 23.2 Å². The van der Waals surface area contributed by atoms with E-state index in [2.05, 4.69) is 15.5 Å². The Bertz CT molecular complexity index is 668. The summed E-state index contributed by atoms with van der Waals surface area (Å²) >= 11 is 11.8. The third-order valence-corrected chi connectivity index (χ3v) is 3.69. The van der Waals surface area contributed by atoms with Gasteiger partial charge in [-0.3, -0.25) is 9.89 Å². The van der Waals surface area contributed by atoms with Crippen LogP contribution < -0.4 is 10.1 Å². The van der Waals surface area contributed by atoms with Gasteiger partial charge in [0.1, 0.15) is 5.75 Å². The molecule has 2 rings (SSSR count). The number of hydrogen-bond donors (Lipinski definition) is 2. The molecule has 2 N–H and O–H groups in total. The molecule has 0 saturated heterocycles. The number of H-pyrrole nitrogens is 1. The van der Waals surface area contributed by atoms with Crippen LogP contribution in [-0.2, 0) is 0 Å². The van der Waals surface area contributed by atoms with Gasteiger partial charge in [0.25, 0.3) is 5.91 Å². The summed E-state index contributed by atoms with van der Waals surface area (Å²) in [7, 11) is 1.46. The summed E-state index contributed by atoms with van der Waals surface area (Å²) < 4.78 is 5.14. The quantitative estimate of drug-likeness (QED) is 0.909. The maximum atomic E-state index is 12.3. The molecule has 1 amide bonds. The maximum Gasteiger partial charge on any atom is 0.260 e. The first kappa shape index (κ1) is 14.7. The van der Waals surface area contributed by atoms with Gasteiger partial charge in [-0.1, -0.05) is 23.2 Å². The van der Waals surface area contributed by atoms with Crippen molar-refractivity contribution in [3.8, 4) is 5.75 Å². The largest absolute Gasteiger partial charge is 0.496 e. The van der Waals surface area contributed by atoms with Gasteiger partial charge < -0.3 is 10.1 Å². The summed E-state index contributed by atoms with van der Waals surface area (Å²) in [4.78, 5) is 12.3. The highest BCUT2D eigenvalue weighted by Gasteiger charge is 2.17. The van der Waals surface area contributed by atoms with Crippen molar-refractivity contribution in [3.05, 3.63) is 39.0 Å². The zero-order valence-corrected chi connectivity index (χ0v) is 12.7. The standard InChI is InChI=1S/C13H13Cl2N3O2/c1-6-7(2)17-18-12(6)16-13(19)8-4-9(14)10(15)5-11(8)20-3/h4-5H,1-3H3,(H2,16,17,18,19). The van der Waals surface area contributed by atoms with Crippen LogP contribution in [0, 0.1) is 13.8 Å². The predicted molar refractivity (Wildman–Crippen MR) is 79.0 cm³/mol. The molecule has 2 aromatic rings. The molecular weight excluding hydrogens is 301 g/mol. The van der Waals surface area contributed by atoms with Crippen LogP contribution in [0.15, 0.2) is 12.1 Å². The van der Waals surface area contributed by atoms with Crippen LogP contribution >= 0.6 is 23.2 Å². The SMILES string of the molecule is COc1cc(Cl)c(Cl)cc1C(=O)Nc1n[nH]c(C)c1C. The fourth-order valence-electron chi connectivity index (χ4n) is 1.66. The monoisotopic (exact) mass is 313 g/mol. The second-order valence-electron chi connectivity index (χ2n) is 4.24. The highest BCUT2D eigenvalue weighted by molar-refractivity contribution is 6.42. The normalized spacial score (nSPS) is 10.4. The number of aromatic nitrogens is 2. The van der Waals surface area contributed by atoms with Gasteiger partial charge in [0.05, 0.1) is 22.7 Å². The summed E-state index contributed by atoms with van der Waals surface area (Å²) in [6.45, 7) is 3.73. The fourth-order valence-corrected chi connectivity index (χ4v) is 1.97. The summed E-state index contributed by atoms with van der Waals surface area (Å²) in [6, 6.07) is 2.97. The first-order valence-corrected chi connectivity index (χ1v) is 6.55. The molecule has 106 valence electrons. The number of nitrogens with one attached hydrogen (secondary N) is 2. The minimum Gasteiger partial charge on any atom is -0.496 e. The van der Waals surface area contributed by atoms with Crippen LogP contribution in [0.1, 0.15) is 21.6 Å². The van der Waals surface area contributed by atoms with E-state index in [0.29, 0.717) is 22.2 Å². The summed E-state index contributed by atoms with van der Waals surface area (Å²) in [6.07, 6.45) is 0. The maximum absolute atomic E-state index is 12.3. The molecule has 7 heteroatoms. The minimum atomic E-state index is -0.366. The van der Waals surface area contributed by atoms with E-state index < -0.39 is 0 Å². The van der Waals surface area contributed by atoms with Gasteiger partial charge in [-0.25, -0.2) is 0 Å². The molecule has 0 fully saturated rings. The lowest BCUT2D eigenvalue weighted by atomic mass is 10.2. The van der Waals surface area contributed by atoms with E-state index in [0.717, 1.165) is 11.3 Å². The molecule has 0 aliphatic heterocycles. The van der Waals surface area contributed by atoms with Gasteiger partial charge in [0.2, 0.25) is 0 Å². The molecular formula is C13H13Cl2N3O2. The zero-order chi connectivity index (χ0) is 14.9. The van der Waals surface area contributed by atoms with Crippen molar-refractivity contribution < 1.29 is 9.53 Å². The number of anilines is 1. The van der Waals surface area contributed by atoms with E-state index in [1.54, 1.807) is 0 Å². The van der Waals surface area contributed by atoms with E-state index >= 15 is 0 Å². The van der Waals surface area contributed by atoms with E-state index in [9.17, 15) is 4.79 Å². The van der Waals surface area contributed by atoms with Crippen molar-refractivity contribution in [2.75, 3.05) is 12.4 Å². The number of halogens is 2. The average Bonchev–Trinajstić information content (AvgIpc) is 2.73. The van der Waals surface area contributed by atoms with Gasteiger partial charge in [-0.05, 0) is 19.9 Å². The number of methoxy groups -OCH3 is 1. The van der Waals surface area contributed by atoms with E-state index in [1.165, 1.54) is 19.2 Å². The Morgan fingerprint density at radius 1 is 1.30 bits per heavy atom. The van der Waals surface area contributed by atoms with Crippen molar-refractivity contribution in [2.45, 2.75) is 13.8 Å². The molecule has 0 atom stereocenters. The van der Waals surface area contributed by atoms with Gasteiger partial charge in [0, 0.05) is 17.3 Å². The molecule has 20 heavy (non-hydrogen) atoms. The molecule has 5 nitrogen and oxygen atoms in total. The number of rotatable bonds is 3. The molecule has 0 spiro atoms. The Morgan fingerprint density at radius 3 is 2.50 bits per heavy atom. The number of hydrogen-bond acceptors (Lipinski definition) is 3. The lowest BCUT2D eigenvalue weighted by molar-refractivity contribution is 0.102. The van der Waals surface area contributed by atoms with E-state index in [-0.39, 0.29) is 10.9 Å². The first-order valence-electron chi connectivity index (χ1n) is 5.80. The molecule has 0 aliphatic carbocycles. The summed E-state index contributed by atoms with van der Waals surface area (Å²) in [5, 5.41) is 10.1. The van der Waals surface area contributed by atoms with Crippen LogP contribution in [0.25, 0.3) is 0 Å². The number of benzene rings is 1. The van der Waals surface area contributed by atoms with Crippen LogP contribution in [0.2, 0.25) is 10.0 Å². The number of amides is 1. The molecule has 0 bridgehead atoms. The van der Waals surface area contributed by atoms with Crippen LogP contribution in [0.5, 0.6) is 5.75 Å². The van der Waals surface area contributed by atoms with Crippen molar-refractivity contribution in [1.29, 1.82) is 0 Å². The smallest absolute Gasteiger partial charge is 0.260 e. The third-order valence-electron chi connectivity index (χ3n) is 2.97. The first-order chi connectivity index (χ1) is 9.43. The van der Waals surface area contributed by atoms with E-state index in [1.807, 2.05) is 13.8 Å². The molecule has 0 aliphatic rings. The number of aryl methyl sites for hydroxylation is 1. The predicted octanol–water partition coefficient (Wildman–Crippen LogP) is 3.59. The molecule has 0 unspecified atom stereocenters.